The molecule has 0 aliphatic carbocycles. The molecule has 0 unspecified atom stereocenters. The van der Waals surface area contributed by atoms with Gasteiger partial charge in [-0.2, -0.15) is 13.2 Å². The van der Waals surface area contributed by atoms with Gasteiger partial charge in [-0.05, 0) is 63.5 Å². The summed E-state index contributed by atoms with van der Waals surface area (Å²) in [6.45, 7) is 7.95. The Morgan fingerprint density at radius 2 is 1.55 bits per heavy atom. The number of hydrogen-bond donors (Lipinski definition) is 1. The molecule has 0 saturated carbocycles. The highest BCUT2D eigenvalue weighted by molar-refractivity contribution is 6.62. The van der Waals surface area contributed by atoms with Crippen molar-refractivity contribution in [3.63, 3.8) is 0 Å². The van der Waals surface area contributed by atoms with E-state index in [1.54, 1.807) is 0 Å². The molecule has 2 aromatic carbocycles. The largest absolute Gasteiger partial charge is 0.494 e. The number of aromatic nitrogens is 1. The van der Waals surface area contributed by atoms with Crippen molar-refractivity contribution in [2.24, 2.45) is 0 Å². The summed E-state index contributed by atoms with van der Waals surface area (Å²) >= 11 is 0. The molecule has 1 saturated heterocycles. The number of halogens is 3. The first kappa shape index (κ1) is 19.8. The Morgan fingerprint density at radius 3 is 2.14 bits per heavy atom. The van der Waals surface area contributed by atoms with Gasteiger partial charge in [-0.1, -0.05) is 17.3 Å². The van der Waals surface area contributed by atoms with Crippen molar-refractivity contribution in [1.82, 2.24) is 5.16 Å². The SMILES string of the molecule is CC1(C)OB(c2ccc(Nc3onc4cc(C(F)(F)F)ccc34)cc2)OC1(C)C. The second kappa shape index (κ2) is 6.50. The number of fused-ring (bicyclic) bond motifs is 1. The summed E-state index contributed by atoms with van der Waals surface area (Å²) in [5.74, 6) is 0.275. The molecule has 0 radical (unpaired) electrons. The van der Waals surface area contributed by atoms with Gasteiger partial charge >= 0.3 is 13.3 Å². The zero-order valence-corrected chi connectivity index (χ0v) is 16.4. The van der Waals surface area contributed by atoms with Crippen LogP contribution in [0.1, 0.15) is 33.3 Å². The van der Waals surface area contributed by atoms with Crippen LogP contribution in [-0.2, 0) is 15.5 Å². The van der Waals surface area contributed by atoms with E-state index in [0.717, 1.165) is 17.6 Å². The van der Waals surface area contributed by atoms with Crippen molar-refractivity contribution in [3.8, 4) is 0 Å². The molecule has 29 heavy (non-hydrogen) atoms. The minimum absolute atomic E-state index is 0.135. The zero-order chi connectivity index (χ0) is 21.0. The van der Waals surface area contributed by atoms with Gasteiger partial charge in [0.25, 0.3) is 0 Å². The molecule has 3 aromatic rings. The summed E-state index contributed by atoms with van der Waals surface area (Å²) in [5, 5.41) is 7.23. The molecule has 2 heterocycles. The third-order valence-electron chi connectivity index (χ3n) is 5.50. The predicted octanol–water partition coefficient (Wildman–Crippen LogP) is 4.89. The van der Waals surface area contributed by atoms with E-state index in [2.05, 4.69) is 10.5 Å². The number of nitrogens with one attached hydrogen (secondary N) is 1. The summed E-state index contributed by atoms with van der Waals surface area (Å²) in [6.07, 6.45) is -4.43. The van der Waals surface area contributed by atoms with Gasteiger partial charge in [0.15, 0.2) is 0 Å². The maximum atomic E-state index is 12.8. The van der Waals surface area contributed by atoms with Gasteiger partial charge in [0.2, 0.25) is 5.88 Å². The number of nitrogens with zero attached hydrogens (tertiary/aromatic N) is 1. The fraction of sp³-hybridized carbons (Fsp3) is 0.350. The van der Waals surface area contributed by atoms with Crippen LogP contribution in [0.2, 0.25) is 0 Å². The molecule has 0 bridgehead atoms. The van der Waals surface area contributed by atoms with Crippen LogP contribution in [0.4, 0.5) is 24.7 Å². The first-order valence-electron chi connectivity index (χ1n) is 9.15. The Balaban J connectivity index is 1.53. The minimum atomic E-state index is -4.43. The molecule has 0 amide bonds. The Bertz CT molecular complexity index is 1030. The third kappa shape index (κ3) is 3.60. The highest BCUT2D eigenvalue weighted by Gasteiger charge is 2.51. The molecule has 9 heteroatoms. The lowest BCUT2D eigenvalue weighted by atomic mass is 9.79. The molecule has 5 nitrogen and oxygen atoms in total. The van der Waals surface area contributed by atoms with Crippen molar-refractivity contribution < 1.29 is 27.0 Å². The lowest BCUT2D eigenvalue weighted by Gasteiger charge is -2.32. The Hall–Kier alpha value is -2.52. The van der Waals surface area contributed by atoms with Crippen LogP contribution in [0, 0.1) is 0 Å². The molecular formula is C20H20BF3N2O3. The van der Waals surface area contributed by atoms with Crippen molar-refractivity contribution in [3.05, 3.63) is 48.0 Å². The number of benzene rings is 2. The van der Waals surface area contributed by atoms with Crippen LogP contribution in [0.3, 0.4) is 0 Å². The third-order valence-corrected chi connectivity index (χ3v) is 5.50. The molecule has 152 valence electrons. The Kier molecular flexibility index (Phi) is 4.43. The molecule has 1 fully saturated rings. The van der Waals surface area contributed by atoms with Crippen LogP contribution in [0.5, 0.6) is 0 Å². The highest BCUT2D eigenvalue weighted by atomic mass is 19.4. The predicted molar refractivity (Wildman–Crippen MR) is 104 cm³/mol. The molecule has 1 N–H and O–H groups in total. The van der Waals surface area contributed by atoms with E-state index in [-0.39, 0.29) is 11.4 Å². The molecule has 1 aromatic heterocycles. The Morgan fingerprint density at radius 1 is 0.931 bits per heavy atom. The maximum Gasteiger partial charge on any atom is 0.494 e. The molecule has 1 aliphatic heterocycles. The first-order valence-corrected chi connectivity index (χ1v) is 9.15. The maximum absolute atomic E-state index is 12.8. The van der Waals surface area contributed by atoms with Gasteiger partial charge in [0, 0.05) is 5.69 Å². The van der Waals surface area contributed by atoms with Gasteiger partial charge in [-0.25, -0.2) is 0 Å². The van der Waals surface area contributed by atoms with Crippen LogP contribution in [-0.4, -0.2) is 23.5 Å². The van der Waals surface area contributed by atoms with Crippen molar-refractivity contribution in [1.29, 1.82) is 0 Å². The second-order valence-electron chi connectivity index (χ2n) is 8.08. The summed E-state index contributed by atoms with van der Waals surface area (Å²) in [4.78, 5) is 0. The van der Waals surface area contributed by atoms with Gasteiger partial charge in [-0.3, -0.25) is 0 Å². The summed E-state index contributed by atoms with van der Waals surface area (Å²) in [7, 11) is -0.471. The van der Waals surface area contributed by atoms with Crippen LogP contribution >= 0.6 is 0 Å². The summed E-state index contributed by atoms with van der Waals surface area (Å²) in [6, 6.07) is 10.7. The fourth-order valence-corrected chi connectivity index (χ4v) is 3.04. The van der Waals surface area contributed by atoms with Crippen LogP contribution in [0.15, 0.2) is 47.0 Å². The van der Waals surface area contributed by atoms with Gasteiger partial charge in [0.05, 0.1) is 22.2 Å². The van der Waals surface area contributed by atoms with Gasteiger partial charge in [0.1, 0.15) is 5.52 Å². The zero-order valence-electron chi connectivity index (χ0n) is 16.4. The van der Waals surface area contributed by atoms with Crippen LogP contribution < -0.4 is 10.8 Å². The first-order chi connectivity index (χ1) is 13.5. The number of rotatable bonds is 3. The minimum Gasteiger partial charge on any atom is -0.399 e. The summed E-state index contributed by atoms with van der Waals surface area (Å²) in [5.41, 5.74) is 0.0769. The topological polar surface area (TPSA) is 56.5 Å². The molecular weight excluding hydrogens is 384 g/mol. The van der Waals surface area contributed by atoms with Gasteiger partial charge in [-0.15, -0.1) is 0 Å². The molecule has 4 rings (SSSR count). The van der Waals surface area contributed by atoms with E-state index >= 15 is 0 Å². The average molecular weight is 404 g/mol. The normalized spacial score (nSPS) is 18.4. The van der Waals surface area contributed by atoms with Crippen molar-refractivity contribution in [2.75, 3.05) is 5.32 Å². The lowest BCUT2D eigenvalue weighted by molar-refractivity contribution is -0.137. The van der Waals surface area contributed by atoms with Gasteiger partial charge < -0.3 is 19.1 Å². The second-order valence-corrected chi connectivity index (χ2v) is 8.08. The smallest absolute Gasteiger partial charge is 0.399 e. The lowest BCUT2D eigenvalue weighted by Crippen LogP contribution is -2.41. The standard InChI is InChI=1S/C20H20BF3N2O3/c1-18(2)19(3,4)29-21(28-18)13-6-8-14(9-7-13)25-17-15-10-5-12(20(22,23)24)11-16(15)26-27-17/h5-11,25H,1-4H3. The van der Waals surface area contributed by atoms with E-state index < -0.39 is 30.1 Å². The quantitative estimate of drug-likeness (QED) is 0.630. The number of alkyl halides is 3. The fourth-order valence-electron chi connectivity index (χ4n) is 3.04. The molecule has 0 atom stereocenters. The average Bonchev–Trinajstić information content (AvgIpc) is 3.12. The van der Waals surface area contributed by atoms with E-state index in [9.17, 15) is 13.2 Å². The van der Waals surface area contributed by atoms with Crippen molar-refractivity contribution >= 4 is 35.1 Å². The van der Waals surface area contributed by atoms with E-state index in [0.29, 0.717) is 11.1 Å². The highest BCUT2D eigenvalue weighted by Crippen LogP contribution is 2.37. The number of hydrogen-bond acceptors (Lipinski definition) is 5. The van der Waals surface area contributed by atoms with E-state index in [4.69, 9.17) is 13.8 Å². The van der Waals surface area contributed by atoms with Crippen molar-refractivity contribution in [2.45, 2.75) is 45.1 Å². The Labute approximate surface area is 166 Å². The summed E-state index contributed by atoms with van der Waals surface area (Å²) < 4.78 is 55.8. The number of anilines is 2. The monoisotopic (exact) mass is 404 g/mol. The van der Waals surface area contributed by atoms with Crippen LogP contribution in [0.25, 0.3) is 10.9 Å². The van der Waals surface area contributed by atoms with E-state index in [1.807, 2.05) is 52.0 Å². The molecule has 0 spiro atoms. The van der Waals surface area contributed by atoms with E-state index in [1.165, 1.54) is 6.07 Å². The molecule has 1 aliphatic rings.